The fourth-order valence-corrected chi connectivity index (χ4v) is 3.32. The van der Waals surface area contributed by atoms with Gasteiger partial charge in [-0.05, 0) is 43.2 Å². The predicted octanol–water partition coefficient (Wildman–Crippen LogP) is 6.36. The summed E-state index contributed by atoms with van der Waals surface area (Å²) >= 11 is 5.95. The Morgan fingerprint density at radius 1 is 1.07 bits per heavy atom. The highest BCUT2D eigenvalue weighted by molar-refractivity contribution is 6.30. The molecule has 7 heteroatoms. The molecular weight excluding hydrogens is 413 g/mol. The first-order valence-electron chi connectivity index (χ1n) is 9.47. The van der Waals surface area contributed by atoms with Crippen molar-refractivity contribution >= 4 is 17.5 Å². The van der Waals surface area contributed by atoms with Crippen LogP contribution in [0.4, 0.5) is 13.2 Å². The monoisotopic (exact) mass is 434 g/mol. The second-order valence-corrected chi connectivity index (χ2v) is 7.81. The van der Waals surface area contributed by atoms with Gasteiger partial charge in [0.15, 0.2) is 0 Å². The summed E-state index contributed by atoms with van der Waals surface area (Å²) < 4.78 is 43.0. The first kappa shape index (κ1) is 22.0. The number of nitrogens with zero attached hydrogens (tertiary/aromatic N) is 2. The molecule has 0 N–H and O–H groups in total. The highest BCUT2D eigenvalue weighted by Gasteiger charge is 2.39. The Kier molecular flexibility index (Phi) is 6.27. The van der Waals surface area contributed by atoms with Gasteiger partial charge in [0.25, 0.3) is 5.91 Å². The van der Waals surface area contributed by atoms with Crippen molar-refractivity contribution in [2.75, 3.05) is 7.05 Å². The molecule has 0 atom stereocenters. The molecule has 0 fully saturated rings. The topological polar surface area (TPSA) is 25.2 Å². The molecule has 3 rings (SSSR count). The summed E-state index contributed by atoms with van der Waals surface area (Å²) in [7, 11) is 1.59. The minimum Gasteiger partial charge on any atom is -0.338 e. The maximum Gasteiger partial charge on any atom is 0.431 e. The van der Waals surface area contributed by atoms with E-state index in [1.54, 1.807) is 61.6 Å². The molecule has 0 saturated heterocycles. The number of alkyl halides is 3. The van der Waals surface area contributed by atoms with Crippen LogP contribution in [0.5, 0.6) is 0 Å². The number of hydrogen-bond donors (Lipinski definition) is 0. The molecule has 1 heterocycles. The van der Waals surface area contributed by atoms with Crippen molar-refractivity contribution in [3.63, 3.8) is 0 Å². The van der Waals surface area contributed by atoms with Crippen molar-refractivity contribution in [2.45, 2.75) is 32.6 Å². The molecule has 0 aliphatic carbocycles. The van der Waals surface area contributed by atoms with Gasteiger partial charge in [0.05, 0.1) is 0 Å². The fourth-order valence-electron chi connectivity index (χ4n) is 3.20. The van der Waals surface area contributed by atoms with Crippen LogP contribution in [0.2, 0.25) is 5.02 Å². The molecule has 1 aromatic heterocycles. The van der Waals surface area contributed by atoms with Crippen LogP contribution in [0.1, 0.15) is 35.6 Å². The van der Waals surface area contributed by atoms with Crippen LogP contribution in [0.3, 0.4) is 0 Å². The van der Waals surface area contributed by atoms with E-state index < -0.39 is 17.8 Å². The minimum atomic E-state index is -4.62. The van der Waals surface area contributed by atoms with Crippen molar-refractivity contribution in [1.82, 2.24) is 9.47 Å². The largest absolute Gasteiger partial charge is 0.431 e. The molecule has 0 saturated carbocycles. The van der Waals surface area contributed by atoms with Crippen LogP contribution < -0.4 is 0 Å². The van der Waals surface area contributed by atoms with E-state index in [0.717, 1.165) is 10.6 Å². The Hall–Kier alpha value is -2.73. The average Bonchev–Trinajstić information content (AvgIpc) is 3.07. The normalized spacial score (nSPS) is 11.7. The van der Waals surface area contributed by atoms with Crippen LogP contribution in [0.25, 0.3) is 11.1 Å². The maximum atomic E-state index is 14.0. The summed E-state index contributed by atoms with van der Waals surface area (Å²) in [4.78, 5) is 14.8. The zero-order chi connectivity index (χ0) is 22.1. The van der Waals surface area contributed by atoms with Gasteiger partial charge in [-0.15, -0.1) is 0 Å². The highest BCUT2D eigenvalue weighted by atomic mass is 35.5. The second kappa shape index (κ2) is 8.56. The van der Waals surface area contributed by atoms with E-state index in [0.29, 0.717) is 16.1 Å². The van der Waals surface area contributed by atoms with Crippen molar-refractivity contribution < 1.29 is 18.0 Å². The third kappa shape index (κ3) is 4.54. The smallest absolute Gasteiger partial charge is 0.338 e. The van der Waals surface area contributed by atoms with Gasteiger partial charge in [-0.2, -0.15) is 13.2 Å². The number of rotatable bonds is 5. The Balaban J connectivity index is 2.28. The van der Waals surface area contributed by atoms with Gasteiger partial charge in [-0.25, -0.2) is 0 Å². The highest BCUT2D eigenvalue weighted by Crippen LogP contribution is 2.38. The molecule has 1 amide bonds. The Morgan fingerprint density at radius 3 is 2.20 bits per heavy atom. The SMILES string of the molecule is CC(C)N(C)C(=O)c1c(-c2ccc(Cl)cc2)cc(C(F)(F)F)n1Cc1ccccc1. The summed E-state index contributed by atoms with van der Waals surface area (Å²) in [6, 6.07) is 16.1. The van der Waals surface area contributed by atoms with E-state index in [-0.39, 0.29) is 23.8 Å². The number of benzene rings is 2. The van der Waals surface area contributed by atoms with Crippen LogP contribution >= 0.6 is 11.6 Å². The lowest BCUT2D eigenvalue weighted by Crippen LogP contribution is -2.35. The van der Waals surface area contributed by atoms with Gasteiger partial charge in [0.2, 0.25) is 0 Å². The molecule has 2 aromatic carbocycles. The first-order chi connectivity index (χ1) is 14.1. The zero-order valence-corrected chi connectivity index (χ0v) is 17.6. The van der Waals surface area contributed by atoms with Gasteiger partial charge in [0, 0.05) is 30.2 Å². The van der Waals surface area contributed by atoms with Crippen molar-refractivity contribution in [3.8, 4) is 11.1 Å². The third-order valence-electron chi connectivity index (χ3n) is 5.02. The molecule has 0 aliphatic rings. The first-order valence-corrected chi connectivity index (χ1v) is 9.85. The maximum absolute atomic E-state index is 14.0. The summed E-state index contributed by atoms with van der Waals surface area (Å²) in [5.74, 6) is -0.471. The van der Waals surface area contributed by atoms with Crippen molar-refractivity contribution in [1.29, 1.82) is 0 Å². The van der Waals surface area contributed by atoms with E-state index in [2.05, 4.69) is 0 Å². The molecule has 3 aromatic rings. The summed E-state index contributed by atoms with van der Waals surface area (Å²) in [6.07, 6.45) is -4.62. The van der Waals surface area contributed by atoms with Gasteiger partial charge < -0.3 is 9.47 Å². The van der Waals surface area contributed by atoms with Gasteiger partial charge in [-0.3, -0.25) is 4.79 Å². The lowest BCUT2D eigenvalue weighted by molar-refractivity contribution is -0.143. The number of halogens is 4. The quantitative estimate of drug-likeness (QED) is 0.459. The predicted molar refractivity (Wildman–Crippen MR) is 113 cm³/mol. The lowest BCUT2D eigenvalue weighted by Gasteiger charge is -2.24. The molecule has 0 aliphatic heterocycles. The number of hydrogen-bond acceptors (Lipinski definition) is 1. The average molecular weight is 435 g/mol. The summed E-state index contributed by atoms with van der Waals surface area (Å²) in [5, 5.41) is 0.464. The Bertz CT molecular complexity index is 1030. The van der Waals surface area contributed by atoms with E-state index >= 15 is 0 Å². The van der Waals surface area contributed by atoms with E-state index in [1.165, 1.54) is 4.90 Å². The molecule has 0 bridgehead atoms. The third-order valence-corrected chi connectivity index (χ3v) is 5.28. The molecule has 3 nitrogen and oxygen atoms in total. The van der Waals surface area contributed by atoms with E-state index in [4.69, 9.17) is 11.6 Å². The second-order valence-electron chi connectivity index (χ2n) is 7.38. The van der Waals surface area contributed by atoms with E-state index in [9.17, 15) is 18.0 Å². The Labute approximate surface area is 178 Å². The van der Waals surface area contributed by atoms with Gasteiger partial charge in [-0.1, -0.05) is 54.1 Å². The van der Waals surface area contributed by atoms with Crippen LogP contribution in [-0.2, 0) is 12.7 Å². The molecule has 158 valence electrons. The summed E-state index contributed by atoms with van der Waals surface area (Å²) in [6.45, 7) is 3.56. The molecule has 0 unspecified atom stereocenters. The van der Waals surface area contributed by atoms with Crippen LogP contribution in [-0.4, -0.2) is 28.5 Å². The van der Waals surface area contributed by atoms with Gasteiger partial charge in [0.1, 0.15) is 11.4 Å². The molecule has 30 heavy (non-hydrogen) atoms. The van der Waals surface area contributed by atoms with Crippen molar-refractivity contribution in [3.05, 3.63) is 82.6 Å². The fraction of sp³-hybridized carbons (Fsp3) is 0.261. The molecular formula is C23H22ClF3N2O. The minimum absolute atomic E-state index is 0.00435. The van der Waals surface area contributed by atoms with Crippen LogP contribution in [0, 0.1) is 0 Å². The standard InChI is InChI=1S/C23H22ClF3N2O/c1-15(2)28(3)22(30)21-19(17-9-11-18(24)12-10-17)13-20(23(25,26)27)29(21)14-16-7-5-4-6-8-16/h4-13,15H,14H2,1-3H3. The molecule has 0 radical (unpaired) electrons. The van der Waals surface area contributed by atoms with Crippen LogP contribution in [0.15, 0.2) is 60.7 Å². The summed E-state index contributed by atoms with van der Waals surface area (Å²) in [5.41, 5.74) is 0.536. The van der Waals surface area contributed by atoms with Crippen molar-refractivity contribution in [2.24, 2.45) is 0 Å². The van der Waals surface area contributed by atoms with E-state index in [1.807, 2.05) is 13.8 Å². The number of carbonyl (C=O) groups is 1. The number of amides is 1. The lowest BCUT2D eigenvalue weighted by atomic mass is 10.0. The zero-order valence-electron chi connectivity index (χ0n) is 16.9. The number of carbonyl (C=O) groups excluding carboxylic acids is 1. The van der Waals surface area contributed by atoms with Gasteiger partial charge >= 0.3 is 6.18 Å². The number of aromatic nitrogens is 1. The Morgan fingerprint density at radius 2 is 1.67 bits per heavy atom. The molecule has 0 spiro atoms.